The van der Waals surface area contributed by atoms with Gasteiger partial charge in [0.05, 0.1) is 0 Å². The van der Waals surface area contributed by atoms with Crippen molar-refractivity contribution in [2.24, 2.45) is 0 Å². The molecule has 0 fully saturated rings. The normalized spacial score (nSPS) is 1.00. The molecule has 0 aliphatic carbocycles. The van der Waals surface area contributed by atoms with Gasteiger partial charge in [-0.2, -0.15) is 0 Å². The van der Waals surface area contributed by atoms with E-state index in [1.54, 1.807) is 0 Å². The molecule has 0 aliphatic heterocycles. The van der Waals surface area contributed by atoms with Gasteiger partial charge in [0.2, 0.25) is 0 Å². The van der Waals surface area contributed by atoms with E-state index in [4.69, 9.17) is 3.08 Å². The summed E-state index contributed by atoms with van der Waals surface area (Å²) in [7, 11) is 0. The molecule has 0 atom stereocenters. The topological polar surface area (TPSA) is 17.1 Å². The van der Waals surface area contributed by atoms with Crippen molar-refractivity contribution in [1.29, 1.82) is 0 Å². The average Bonchev–Trinajstić information content (AvgIpc) is 1.00. The van der Waals surface area contributed by atoms with Crippen LogP contribution in [0.15, 0.2) is 0 Å². The molecule has 0 aromatic rings. The molecule has 0 aromatic carbocycles. The van der Waals surface area contributed by atoms with E-state index in [2.05, 4.69) is 0 Å². The number of rotatable bonds is 0. The quantitative estimate of drug-likeness (QED) is 0.556. The first-order chi connectivity index (χ1) is 1.00. The molecule has 0 heterocycles. The molecule has 0 rings (SSSR count). The van der Waals surface area contributed by atoms with Crippen molar-refractivity contribution in [3.63, 3.8) is 0 Å². The van der Waals surface area contributed by atoms with Crippen LogP contribution in [0.3, 0.4) is 0 Å². The van der Waals surface area contributed by atoms with Gasteiger partial charge in [0.1, 0.15) is 0 Å². The van der Waals surface area contributed by atoms with Crippen LogP contribution in [-0.2, 0) is 3.08 Å². The molecule has 0 N–H and O–H groups in total. The van der Waals surface area contributed by atoms with Crippen molar-refractivity contribution >= 4 is 46.9 Å². The SMILES string of the molecule is C.[O]=[Sn].[Sb]. The molecular formula is CH4OSbSn. The molecule has 3 heteroatoms. The Hall–Kier alpha value is 1.42. The Balaban J connectivity index is -0.00000000500. The second-order valence-corrected chi connectivity index (χ2v) is 0. The van der Waals surface area contributed by atoms with Gasteiger partial charge in [0.25, 0.3) is 0 Å². The van der Waals surface area contributed by atoms with Crippen LogP contribution in [-0.4, -0.2) is 46.9 Å². The van der Waals surface area contributed by atoms with Gasteiger partial charge in [-0.25, -0.2) is 0 Å². The summed E-state index contributed by atoms with van der Waals surface area (Å²) in [5.41, 5.74) is 0. The van der Waals surface area contributed by atoms with Crippen molar-refractivity contribution in [3.8, 4) is 0 Å². The summed E-state index contributed by atoms with van der Waals surface area (Å²) in [5, 5.41) is 0. The smallest absolute Gasteiger partial charge is 0 e. The minimum absolute atomic E-state index is 0. The number of hydrogen-bond donors (Lipinski definition) is 0. The molecular weight excluding hydrogens is 268 g/mol. The van der Waals surface area contributed by atoms with Crippen LogP contribution in [0.2, 0.25) is 0 Å². The third-order valence-electron chi connectivity index (χ3n) is 0. The number of hydrogen-bond acceptors (Lipinski definition) is 1. The molecule has 0 unspecified atom stereocenters. The van der Waals surface area contributed by atoms with Gasteiger partial charge in [-0.1, -0.05) is 7.43 Å². The van der Waals surface area contributed by atoms with Crippen molar-refractivity contribution in [1.82, 2.24) is 0 Å². The zero-order valence-electron chi connectivity index (χ0n) is 1.36. The van der Waals surface area contributed by atoms with Crippen LogP contribution < -0.4 is 0 Å². The predicted octanol–water partition coefficient (Wildman–Crippen LogP) is -0.244. The van der Waals surface area contributed by atoms with E-state index in [9.17, 15) is 0 Å². The first-order valence-corrected chi connectivity index (χ1v) is 1.37. The molecule has 0 saturated heterocycles. The second kappa shape index (κ2) is 25.7. The Morgan fingerprint density at radius 1 is 1.25 bits per heavy atom. The van der Waals surface area contributed by atoms with Crippen LogP contribution in [0.25, 0.3) is 0 Å². The maximum absolute atomic E-state index is 8.34. The zero-order valence-corrected chi connectivity index (χ0v) is 6.76. The van der Waals surface area contributed by atoms with Crippen molar-refractivity contribution in [2.45, 2.75) is 7.43 Å². The molecule has 1 nitrogen and oxygen atoms in total. The summed E-state index contributed by atoms with van der Waals surface area (Å²) in [6.07, 6.45) is 0. The average molecular weight is 273 g/mol. The molecule has 0 amide bonds. The monoisotopic (exact) mass is 273 g/mol. The second-order valence-electron chi connectivity index (χ2n) is 0. The molecule has 0 saturated carbocycles. The van der Waals surface area contributed by atoms with Gasteiger partial charge >= 0.3 is 25.6 Å². The van der Waals surface area contributed by atoms with Gasteiger partial charge in [-0.3, -0.25) is 0 Å². The van der Waals surface area contributed by atoms with Crippen LogP contribution in [0.1, 0.15) is 7.43 Å². The molecule has 5 radical (unpaired) electrons. The Kier molecular flexibility index (Phi) is 116. The van der Waals surface area contributed by atoms with E-state index >= 15 is 0 Å². The molecule has 0 aromatic heterocycles. The van der Waals surface area contributed by atoms with E-state index in [0.717, 1.165) is 0 Å². The van der Waals surface area contributed by atoms with Gasteiger partial charge < -0.3 is 0 Å². The van der Waals surface area contributed by atoms with Gasteiger partial charge in [0.15, 0.2) is 0 Å². The summed E-state index contributed by atoms with van der Waals surface area (Å²) >= 11 is 0.300. The first kappa shape index (κ1) is 18.1. The van der Waals surface area contributed by atoms with Crippen LogP contribution >= 0.6 is 0 Å². The molecule has 0 aliphatic rings. The fraction of sp³-hybridized carbons (Fsp3) is 1.00. The summed E-state index contributed by atoms with van der Waals surface area (Å²) in [4.78, 5) is 0. The predicted molar refractivity (Wildman–Crippen MR) is 18.9 cm³/mol. The van der Waals surface area contributed by atoms with E-state index in [0.29, 0.717) is 22.5 Å². The van der Waals surface area contributed by atoms with Gasteiger partial charge in [-0.15, -0.1) is 0 Å². The molecule has 4 heavy (non-hydrogen) atoms. The van der Waals surface area contributed by atoms with Gasteiger partial charge in [-0.05, 0) is 0 Å². The maximum atomic E-state index is 8.34. The van der Waals surface area contributed by atoms with Crippen molar-refractivity contribution in [2.75, 3.05) is 0 Å². The van der Waals surface area contributed by atoms with Crippen molar-refractivity contribution < 1.29 is 3.08 Å². The minimum atomic E-state index is 0. The fourth-order valence-electron chi connectivity index (χ4n) is 0. The molecule has 23 valence electrons. The summed E-state index contributed by atoms with van der Waals surface area (Å²) in [6, 6.07) is 0. The summed E-state index contributed by atoms with van der Waals surface area (Å²) in [6.45, 7) is 0. The standard InChI is InChI=1S/CH4.O.Sb.Sn/h1H4;;;. The Labute approximate surface area is 57.1 Å². The Bertz CT molecular complexity index is 8.00. The maximum Gasteiger partial charge on any atom is 0 e. The van der Waals surface area contributed by atoms with E-state index < -0.39 is 0 Å². The molecule has 0 bridgehead atoms. The van der Waals surface area contributed by atoms with Crippen LogP contribution in [0.5, 0.6) is 0 Å². The van der Waals surface area contributed by atoms with Crippen molar-refractivity contribution in [3.05, 3.63) is 0 Å². The Morgan fingerprint density at radius 3 is 1.25 bits per heavy atom. The summed E-state index contributed by atoms with van der Waals surface area (Å²) < 4.78 is 8.34. The van der Waals surface area contributed by atoms with E-state index in [1.165, 1.54) is 0 Å². The first-order valence-electron chi connectivity index (χ1n) is 0.204. The summed E-state index contributed by atoms with van der Waals surface area (Å²) in [5.74, 6) is 0. The third kappa shape index (κ3) is 9.94. The largest absolute Gasteiger partial charge is 0 e. The molecule has 0 spiro atoms. The third-order valence-corrected chi connectivity index (χ3v) is 0. The van der Waals surface area contributed by atoms with E-state index in [1.807, 2.05) is 0 Å². The van der Waals surface area contributed by atoms with Gasteiger partial charge in [0, 0.05) is 24.4 Å². The fourth-order valence-corrected chi connectivity index (χ4v) is 0. The Morgan fingerprint density at radius 2 is 1.25 bits per heavy atom. The van der Waals surface area contributed by atoms with Crippen LogP contribution in [0, 0.1) is 0 Å². The minimum Gasteiger partial charge on any atom is 0 e. The van der Waals surface area contributed by atoms with Crippen LogP contribution in [0.4, 0.5) is 0 Å². The zero-order chi connectivity index (χ0) is 2.00. The van der Waals surface area contributed by atoms with E-state index in [-0.39, 0.29) is 31.9 Å².